The number of piperidine rings is 1. The van der Waals surface area contributed by atoms with Crippen LogP contribution in [0.5, 0.6) is 5.75 Å². The molecule has 0 amide bonds. The van der Waals surface area contributed by atoms with E-state index in [-0.39, 0.29) is 5.41 Å². The number of nitrogens with one attached hydrogen (secondary N) is 1. The zero-order valence-corrected chi connectivity index (χ0v) is 17.4. The quantitative estimate of drug-likeness (QED) is 0.695. The Morgan fingerprint density at radius 1 is 1.29 bits per heavy atom. The third-order valence-corrected chi connectivity index (χ3v) is 5.80. The Hall–Kier alpha value is -2.34. The molecule has 3 aromatic rings. The van der Waals surface area contributed by atoms with Crippen molar-refractivity contribution in [2.24, 2.45) is 11.3 Å². The molecule has 0 radical (unpaired) electrons. The van der Waals surface area contributed by atoms with E-state index < -0.39 is 0 Å². The summed E-state index contributed by atoms with van der Waals surface area (Å²) in [7, 11) is 2.19. The lowest BCUT2D eigenvalue weighted by Crippen LogP contribution is -2.39. The number of hydrogen-bond donors (Lipinski definition) is 1. The lowest BCUT2D eigenvalue weighted by molar-refractivity contribution is 0.0811. The van der Waals surface area contributed by atoms with Crippen LogP contribution in [0, 0.1) is 11.3 Å². The van der Waals surface area contributed by atoms with Gasteiger partial charge in [0.15, 0.2) is 0 Å². The van der Waals surface area contributed by atoms with Gasteiger partial charge in [-0.2, -0.15) is 5.10 Å². The van der Waals surface area contributed by atoms with Gasteiger partial charge in [0, 0.05) is 41.7 Å². The van der Waals surface area contributed by atoms with Gasteiger partial charge in [-0.25, -0.2) is 4.98 Å². The van der Waals surface area contributed by atoms with Gasteiger partial charge < -0.3 is 14.6 Å². The van der Waals surface area contributed by atoms with Crippen LogP contribution in [0.1, 0.15) is 33.6 Å². The number of rotatable bonds is 6. The molecule has 1 aliphatic rings. The fraction of sp³-hybridized carbons (Fsp3) is 0.545. The number of H-pyrrole nitrogens is 1. The van der Waals surface area contributed by atoms with Gasteiger partial charge in [-0.3, -0.25) is 4.68 Å². The molecule has 150 valence electrons. The van der Waals surface area contributed by atoms with Gasteiger partial charge in [0.25, 0.3) is 0 Å². The van der Waals surface area contributed by atoms with Crippen molar-refractivity contribution in [1.29, 1.82) is 0 Å². The van der Waals surface area contributed by atoms with Crippen LogP contribution in [0.2, 0.25) is 0 Å². The zero-order chi connectivity index (χ0) is 19.7. The van der Waals surface area contributed by atoms with Crippen molar-refractivity contribution in [2.75, 3.05) is 26.7 Å². The summed E-state index contributed by atoms with van der Waals surface area (Å²) in [6.07, 6.45) is 10.2. The first-order valence-electron chi connectivity index (χ1n) is 10.2. The third kappa shape index (κ3) is 3.92. The van der Waals surface area contributed by atoms with Crippen molar-refractivity contribution >= 4 is 11.0 Å². The maximum atomic E-state index is 6.38. The number of aromatic nitrogens is 4. The highest BCUT2D eigenvalue weighted by molar-refractivity contribution is 5.97. The summed E-state index contributed by atoms with van der Waals surface area (Å²) < 4.78 is 8.39. The summed E-state index contributed by atoms with van der Waals surface area (Å²) in [6.45, 7) is 10.7. The number of nitrogens with zero attached hydrogens (tertiary/aromatic N) is 4. The van der Waals surface area contributed by atoms with E-state index in [1.807, 2.05) is 29.3 Å². The standard InChI is InChI=1S/C22H31N5O/c1-16(2)13-27-14-17(11-25-27)18-12-24-21-20(18)19(5-8-23-21)28-15-22(3)6-9-26(4)10-7-22/h5,8,11-12,14,16H,6-7,9-10,13,15H2,1-4H3,(H,23,24). The van der Waals surface area contributed by atoms with E-state index in [1.165, 1.54) is 12.8 Å². The van der Waals surface area contributed by atoms with Crippen molar-refractivity contribution in [2.45, 2.75) is 40.2 Å². The minimum Gasteiger partial charge on any atom is -0.492 e. The van der Waals surface area contributed by atoms with Crippen LogP contribution < -0.4 is 4.74 Å². The largest absolute Gasteiger partial charge is 0.492 e. The first-order chi connectivity index (χ1) is 13.4. The highest BCUT2D eigenvalue weighted by Crippen LogP contribution is 2.36. The lowest BCUT2D eigenvalue weighted by atomic mass is 9.81. The molecule has 0 saturated carbocycles. The number of likely N-dealkylation sites (tertiary alicyclic amines) is 1. The number of fused-ring (bicyclic) bond motifs is 1. The summed E-state index contributed by atoms with van der Waals surface area (Å²) in [6, 6.07) is 1.98. The van der Waals surface area contributed by atoms with Crippen LogP contribution in [0.15, 0.2) is 30.9 Å². The van der Waals surface area contributed by atoms with E-state index in [0.29, 0.717) is 5.92 Å². The molecule has 1 saturated heterocycles. The molecule has 28 heavy (non-hydrogen) atoms. The van der Waals surface area contributed by atoms with Gasteiger partial charge in [-0.05, 0) is 45.0 Å². The highest BCUT2D eigenvalue weighted by Gasteiger charge is 2.30. The number of aromatic amines is 1. The van der Waals surface area contributed by atoms with Crippen molar-refractivity contribution in [1.82, 2.24) is 24.6 Å². The molecule has 0 aromatic carbocycles. The molecule has 0 aliphatic carbocycles. The van der Waals surface area contributed by atoms with E-state index in [4.69, 9.17) is 4.74 Å². The smallest absolute Gasteiger partial charge is 0.141 e. The van der Waals surface area contributed by atoms with Gasteiger partial charge in [0.05, 0.1) is 18.2 Å². The Kier molecular flexibility index (Phi) is 5.15. The first kappa shape index (κ1) is 19.0. The first-order valence-corrected chi connectivity index (χ1v) is 10.2. The zero-order valence-electron chi connectivity index (χ0n) is 17.4. The average Bonchev–Trinajstić information content (AvgIpc) is 3.29. The highest BCUT2D eigenvalue weighted by atomic mass is 16.5. The molecule has 1 N–H and O–H groups in total. The van der Waals surface area contributed by atoms with Gasteiger partial charge >= 0.3 is 0 Å². The summed E-state index contributed by atoms with van der Waals surface area (Å²) in [5.74, 6) is 1.46. The minimum atomic E-state index is 0.223. The molecule has 0 atom stereocenters. The van der Waals surface area contributed by atoms with Crippen molar-refractivity contribution < 1.29 is 4.74 Å². The van der Waals surface area contributed by atoms with Crippen LogP contribution in [-0.4, -0.2) is 51.4 Å². The van der Waals surface area contributed by atoms with E-state index in [2.05, 4.69) is 54.0 Å². The summed E-state index contributed by atoms with van der Waals surface area (Å²) >= 11 is 0. The van der Waals surface area contributed by atoms with Gasteiger partial charge in [0.2, 0.25) is 0 Å². The summed E-state index contributed by atoms with van der Waals surface area (Å²) in [5, 5.41) is 5.57. The third-order valence-electron chi connectivity index (χ3n) is 5.80. The Bertz CT molecular complexity index is 933. The second-order valence-electron chi connectivity index (χ2n) is 8.98. The molecule has 0 bridgehead atoms. The number of pyridine rings is 1. The molecular formula is C22H31N5O. The van der Waals surface area contributed by atoms with Gasteiger partial charge in [-0.15, -0.1) is 0 Å². The van der Waals surface area contributed by atoms with E-state index in [1.54, 1.807) is 0 Å². The summed E-state index contributed by atoms with van der Waals surface area (Å²) in [4.78, 5) is 10.2. The monoisotopic (exact) mass is 381 g/mol. The second-order valence-corrected chi connectivity index (χ2v) is 8.98. The molecule has 6 heteroatoms. The topological polar surface area (TPSA) is 59.0 Å². The maximum Gasteiger partial charge on any atom is 0.141 e. The van der Waals surface area contributed by atoms with E-state index in [9.17, 15) is 0 Å². The fourth-order valence-electron chi connectivity index (χ4n) is 3.91. The van der Waals surface area contributed by atoms with Crippen LogP contribution in [0.4, 0.5) is 0 Å². The predicted molar refractivity (Wildman–Crippen MR) is 112 cm³/mol. The number of ether oxygens (including phenoxy) is 1. The molecule has 0 unspecified atom stereocenters. The van der Waals surface area contributed by atoms with Crippen LogP contribution in [0.3, 0.4) is 0 Å². The molecule has 1 aliphatic heterocycles. The molecule has 6 nitrogen and oxygen atoms in total. The van der Waals surface area contributed by atoms with Crippen LogP contribution in [0.25, 0.3) is 22.2 Å². The van der Waals surface area contributed by atoms with Crippen LogP contribution in [-0.2, 0) is 6.54 Å². The molecule has 0 spiro atoms. The van der Waals surface area contributed by atoms with Gasteiger partial charge in [0.1, 0.15) is 11.4 Å². The molecule has 4 rings (SSSR count). The average molecular weight is 382 g/mol. The van der Waals surface area contributed by atoms with Gasteiger partial charge in [-0.1, -0.05) is 20.8 Å². The van der Waals surface area contributed by atoms with E-state index in [0.717, 1.165) is 54.2 Å². The molecule has 3 aromatic heterocycles. The van der Waals surface area contributed by atoms with Crippen molar-refractivity contribution in [3.8, 4) is 16.9 Å². The molecular weight excluding hydrogens is 350 g/mol. The maximum absolute atomic E-state index is 6.38. The van der Waals surface area contributed by atoms with Crippen LogP contribution >= 0.6 is 0 Å². The van der Waals surface area contributed by atoms with E-state index >= 15 is 0 Å². The number of hydrogen-bond acceptors (Lipinski definition) is 4. The fourth-order valence-corrected chi connectivity index (χ4v) is 3.91. The lowest BCUT2D eigenvalue weighted by Gasteiger charge is -2.37. The Morgan fingerprint density at radius 3 is 2.82 bits per heavy atom. The Labute approximate surface area is 166 Å². The molecule has 1 fully saturated rings. The Balaban J connectivity index is 1.59. The Morgan fingerprint density at radius 2 is 2.07 bits per heavy atom. The second kappa shape index (κ2) is 7.59. The van der Waals surface area contributed by atoms with Crippen molar-refractivity contribution in [3.63, 3.8) is 0 Å². The minimum absolute atomic E-state index is 0.223. The normalized spacial score (nSPS) is 17.5. The van der Waals surface area contributed by atoms with Crippen molar-refractivity contribution in [3.05, 3.63) is 30.9 Å². The molecule has 4 heterocycles. The predicted octanol–water partition coefficient (Wildman–Crippen LogP) is 4.19. The summed E-state index contributed by atoms with van der Waals surface area (Å²) in [5.41, 5.74) is 3.27. The SMILES string of the molecule is CC(C)Cn1cc(-c2c[nH]c3nccc(OCC4(C)CCN(C)CC4)c23)cn1.